The van der Waals surface area contributed by atoms with Gasteiger partial charge in [0.15, 0.2) is 11.5 Å². The van der Waals surface area contributed by atoms with E-state index >= 15 is 0 Å². The molecular formula is C22H23N5O5. The number of benzene rings is 2. The highest BCUT2D eigenvalue weighted by atomic mass is 16.5. The highest BCUT2D eigenvalue weighted by molar-refractivity contribution is 5.97. The second kappa shape index (κ2) is 10.6. The van der Waals surface area contributed by atoms with E-state index in [1.807, 2.05) is 30.3 Å². The molecule has 2 amide bonds. The molecule has 10 heteroatoms. The van der Waals surface area contributed by atoms with Gasteiger partial charge in [-0.1, -0.05) is 30.3 Å². The Bertz CT molecular complexity index is 1090. The van der Waals surface area contributed by atoms with E-state index in [0.717, 1.165) is 11.3 Å². The molecule has 0 spiro atoms. The summed E-state index contributed by atoms with van der Waals surface area (Å²) in [5.41, 5.74) is 5.05. The summed E-state index contributed by atoms with van der Waals surface area (Å²) >= 11 is 0. The van der Waals surface area contributed by atoms with Crippen LogP contribution in [0, 0.1) is 0 Å². The first-order valence-electron chi connectivity index (χ1n) is 9.56. The Labute approximate surface area is 184 Å². The molecule has 3 N–H and O–H groups in total. The minimum absolute atomic E-state index is 0.252. The number of H-pyrrole nitrogens is 1. The van der Waals surface area contributed by atoms with Gasteiger partial charge in [-0.25, -0.2) is 5.43 Å². The second-order valence-electron chi connectivity index (χ2n) is 6.46. The molecule has 0 fully saturated rings. The molecular weight excluding hydrogens is 414 g/mol. The number of nitrogens with zero attached hydrogens (tertiary/aromatic N) is 2. The molecule has 2 aromatic carbocycles. The Morgan fingerprint density at radius 3 is 2.38 bits per heavy atom. The van der Waals surface area contributed by atoms with Crippen molar-refractivity contribution in [1.82, 2.24) is 20.9 Å². The zero-order chi connectivity index (χ0) is 22.9. The lowest BCUT2D eigenvalue weighted by Gasteiger charge is -2.14. The smallest absolute Gasteiger partial charge is 0.259 e. The maximum atomic E-state index is 12.5. The summed E-state index contributed by atoms with van der Waals surface area (Å²) in [7, 11) is 4.37. The zero-order valence-corrected chi connectivity index (χ0v) is 17.8. The molecule has 0 aliphatic rings. The number of methoxy groups -OCH3 is 3. The van der Waals surface area contributed by atoms with Gasteiger partial charge in [0.2, 0.25) is 5.75 Å². The van der Waals surface area contributed by atoms with Gasteiger partial charge in [-0.15, -0.1) is 0 Å². The van der Waals surface area contributed by atoms with E-state index in [9.17, 15) is 9.59 Å². The fraction of sp³-hybridized carbons (Fsp3) is 0.182. The molecule has 166 valence electrons. The molecule has 32 heavy (non-hydrogen) atoms. The number of hydrazone groups is 1. The Morgan fingerprint density at radius 2 is 1.75 bits per heavy atom. The molecule has 0 unspecified atom stereocenters. The number of hydrogen-bond acceptors (Lipinski definition) is 7. The van der Waals surface area contributed by atoms with Crippen LogP contribution in [0.5, 0.6) is 17.2 Å². The maximum absolute atomic E-state index is 12.5. The average molecular weight is 437 g/mol. The Balaban J connectivity index is 1.58. The van der Waals surface area contributed by atoms with Gasteiger partial charge in [-0.05, 0) is 12.1 Å². The van der Waals surface area contributed by atoms with Gasteiger partial charge in [0.25, 0.3) is 11.8 Å². The number of rotatable bonds is 9. The summed E-state index contributed by atoms with van der Waals surface area (Å²) < 4.78 is 15.7. The van der Waals surface area contributed by atoms with Crippen LogP contribution in [0.25, 0.3) is 11.3 Å². The van der Waals surface area contributed by atoms with Crippen LogP contribution in [0.1, 0.15) is 15.9 Å². The van der Waals surface area contributed by atoms with Crippen LogP contribution in [0.15, 0.2) is 53.8 Å². The summed E-state index contributed by atoms with van der Waals surface area (Å²) in [6.07, 6.45) is 3.08. The van der Waals surface area contributed by atoms with Crippen LogP contribution in [0.3, 0.4) is 0 Å². The monoisotopic (exact) mass is 437 g/mol. The predicted octanol–water partition coefficient (Wildman–Crippen LogP) is 1.98. The summed E-state index contributed by atoms with van der Waals surface area (Å²) in [5, 5.41) is 13.4. The SMILES string of the molecule is COc1cc(C(=O)NCC(=O)NN=Cc2cn[nH]c2-c2ccccc2)cc(OC)c1OC. The third-order valence-corrected chi connectivity index (χ3v) is 4.46. The minimum Gasteiger partial charge on any atom is -0.493 e. The number of aromatic amines is 1. The van der Waals surface area contributed by atoms with Gasteiger partial charge in [0.05, 0.1) is 46.0 Å². The van der Waals surface area contributed by atoms with Gasteiger partial charge in [-0.2, -0.15) is 10.2 Å². The third kappa shape index (κ3) is 5.22. The van der Waals surface area contributed by atoms with Crippen molar-refractivity contribution in [2.24, 2.45) is 5.10 Å². The van der Waals surface area contributed by atoms with Crippen LogP contribution >= 0.6 is 0 Å². The summed E-state index contributed by atoms with van der Waals surface area (Å²) in [5.74, 6) is 0.0601. The molecule has 0 atom stereocenters. The first-order chi connectivity index (χ1) is 15.6. The fourth-order valence-electron chi connectivity index (χ4n) is 2.92. The van der Waals surface area contributed by atoms with E-state index < -0.39 is 11.8 Å². The number of nitrogens with one attached hydrogen (secondary N) is 3. The lowest BCUT2D eigenvalue weighted by atomic mass is 10.1. The largest absolute Gasteiger partial charge is 0.493 e. The zero-order valence-electron chi connectivity index (χ0n) is 17.8. The van der Waals surface area contributed by atoms with Gasteiger partial charge in [-0.3, -0.25) is 14.7 Å². The van der Waals surface area contributed by atoms with E-state index in [4.69, 9.17) is 14.2 Å². The highest BCUT2D eigenvalue weighted by Crippen LogP contribution is 2.38. The third-order valence-electron chi connectivity index (χ3n) is 4.46. The number of carbonyl (C=O) groups excluding carboxylic acids is 2. The van der Waals surface area contributed by atoms with E-state index in [1.54, 1.807) is 6.20 Å². The lowest BCUT2D eigenvalue weighted by molar-refractivity contribution is -0.120. The number of amides is 2. The van der Waals surface area contributed by atoms with Crippen molar-refractivity contribution in [3.63, 3.8) is 0 Å². The number of ether oxygens (including phenoxy) is 3. The molecule has 10 nitrogen and oxygen atoms in total. The van der Waals surface area contributed by atoms with Crippen LogP contribution in [0.2, 0.25) is 0 Å². The van der Waals surface area contributed by atoms with Gasteiger partial charge < -0.3 is 19.5 Å². The molecule has 0 saturated heterocycles. The Morgan fingerprint density at radius 1 is 1.06 bits per heavy atom. The van der Waals surface area contributed by atoms with Crippen molar-refractivity contribution in [2.75, 3.05) is 27.9 Å². The van der Waals surface area contributed by atoms with E-state index in [-0.39, 0.29) is 12.1 Å². The first-order valence-corrected chi connectivity index (χ1v) is 9.56. The highest BCUT2D eigenvalue weighted by Gasteiger charge is 2.17. The fourth-order valence-corrected chi connectivity index (χ4v) is 2.92. The van der Waals surface area contributed by atoms with Crippen molar-refractivity contribution >= 4 is 18.0 Å². The molecule has 0 saturated carbocycles. The van der Waals surface area contributed by atoms with E-state index in [2.05, 4.69) is 26.0 Å². The average Bonchev–Trinajstić information content (AvgIpc) is 3.30. The predicted molar refractivity (Wildman–Crippen MR) is 118 cm³/mol. The van der Waals surface area contributed by atoms with Gasteiger partial charge >= 0.3 is 0 Å². The molecule has 0 aliphatic heterocycles. The van der Waals surface area contributed by atoms with Crippen molar-refractivity contribution in [2.45, 2.75) is 0 Å². The molecule has 1 aromatic heterocycles. The molecule has 3 rings (SSSR count). The van der Waals surface area contributed by atoms with Crippen molar-refractivity contribution < 1.29 is 23.8 Å². The Hall–Kier alpha value is -4.34. The molecule has 0 radical (unpaired) electrons. The topological polar surface area (TPSA) is 127 Å². The van der Waals surface area contributed by atoms with Crippen molar-refractivity contribution in [1.29, 1.82) is 0 Å². The maximum Gasteiger partial charge on any atom is 0.259 e. The molecule has 1 heterocycles. The first kappa shape index (κ1) is 22.3. The second-order valence-corrected chi connectivity index (χ2v) is 6.46. The minimum atomic E-state index is -0.494. The summed E-state index contributed by atoms with van der Waals surface area (Å²) in [4.78, 5) is 24.5. The molecule has 0 bridgehead atoms. The molecule has 0 aliphatic carbocycles. The quantitative estimate of drug-likeness (QED) is 0.347. The van der Waals surface area contributed by atoms with Crippen LogP contribution < -0.4 is 25.0 Å². The summed E-state index contributed by atoms with van der Waals surface area (Å²) in [6.45, 7) is -0.274. The number of hydrogen-bond donors (Lipinski definition) is 3. The molecule has 3 aromatic rings. The normalized spacial score (nSPS) is 10.6. The van der Waals surface area contributed by atoms with Crippen molar-refractivity contribution in [3.8, 4) is 28.5 Å². The van der Waals surface area contributed by atoms with E-state index in [1.165, 1.54) is 39.7 Å². The number of aromatic nitrogens is 2. The van der Waals surface area contributed by atoms with Crippen LogP contribution in [-0.4, -0.2) is 56.1 Å². The van der Waals surface area contributed by atoms with E-state index in [0.29, 0.717) is 22.8 Å². The Kier molecular flexibility index (Phi) is 7.42. The lowest BCUT2D eigenvalue weighted by Crippen LogP contribution is -2.34. The van der Waals surface area contributed by atoms with Crippen LogP contribution in [-0.2, 0) is 4.79 Å². The summed E-state index contributed by atoms with van der Waals surface area (Å²) in [6, 6.07) is 12.6. The van der Waals surface area contributed by atoms with Crippen molar-refractivity contribution in [3.05, 3.63) is 59.8 Å². The number of carbonyl (C=O) groups is 2. The standard InChI is InChI=1S/C22H23N5O5/c1-30-17-9-15(10-18(31-2)21(17)32-3)22(29)23-13-19(28)26-24-11-16-12-25-27-20(16)14-7-5-4-6-8-14/h4-12H,13H2,1-3H3,(H,23,29)(H,25,27)(H,26,28). The van der Waals surface area contributed by atoms with Gasteiger partial charge in [0.1, 0.15) is 0 Å². The van der Waals surface area contributed by atoms with Gasteiger partial charge in [0, 0.05) is 16.7 Å². The van der Waals surface area contributed by atoms with Crippen LogP contribution in [0.4, 0.5) is 0 Å².